The van der Waals surface area contributed by atoms with Gasteiger partial charge in [0.15, 0.2) is 0 Å². The van der Waals surface area contributed by atoms with E-state index in [0.717, 1.165) is 42.0 Å². The second-order valence-corrected chi connectivity index (χ2v) is 5.99. The van der Waals surface area contributed by atoms with Gasteiger partial charge in [-0.3, -0.25) is 0 Å². The third kappa shape index (κ3) is 3.46. The zero-order chi connectivity index (χ0) is 14.5. The quantitative estimate of drug-likeness (QED) is 0.782. The number of nitrogens with zero attached hydrogens (tertiary/aromatic N) is 1. The molecular formula is C17H22ClNO. The molecule has 0 spiro atoms. The summed E-state index contributed by atoms with van der Waals surface area (Å²) in [6, 6.07) is 8.21. The molecule has 0 bridgehead atoms. The molecule has 20 heavy (non-hydrogen) atoms. The van der Waals surface area contributed by atoms with Crippen LogP contribution in [0.15, 0.2) is 18.2 Å². The monoisotopic (exact) mass is 291 g/mol. The SMILES string of the molecule is CCc1cc(OC2CC(CC)CCC2C#N)ccc1Cl. The largest absolute Gasteiger partial charge is 0.489 e. The summed E-state index contributed by atoms with van der Waals surface area (Å²) in [6.45, 7) is 4.29. The molecule has 0 radical (unpaired) electrons. The number of nitriles is 1. The van der Waals surface area contributed by atoms with E-state index in [0.29, 0.717) is 5.92 Å². The normalized spacial score (nSPS) is 26.0. The molecule has 2 nitrogen and oxygen atoms in total. The average Bonchev–Trinajstić information content (AvgIpc) is 2.49. The van der Waals surface area contributed by atoms with Gasteiger partial charge in [-0.1, -0.05) is 31.9 Å². The zero-order valence-electron chi connectivity index (χ0n) is 12.2. The second kappa shape index (κ2) is 6.99. The number of hydrogen-bond donors (Lipinski definition) is 0. The Morgan fingerprint density at radius 2 is 2.15 bits per heavy atom. The Hall–Kier alpha value is -1.20. The molecule has 1 aliphatic rings. The highest BCUT2D eigenvalue weighted by molar-refractivity contribution is 6.31. The highest BCUT2D eigenvalue weighted by Crippen LogP contribution is 2.34. The molecule has 1 aromatic carbocycles. The van der Waals surface area contributed by atoms with E-state index in [2.05, 4.69) is 19.9 Å². The predicted octanol–water partition coefficient (Wildman–Crippen LogP) is 5.00. The first-order valence-electron chi connectivity index (χ1n) is 7.52. The highest BCUT2D eigenvalue weighted by atomic mass is 35.5. The molecule has 0 aliphatic heterocycles. The Labute approximate surface area is 126 Å². The summed E-state index contributed by atoms with van der Waals surface area (Å²) < 4.78 is 6.11. The molecule has 3 unspecified atom stereocenters. The average molecular weight is 292 g/mol. The first kappa shape index (κ1) is 15.2. The van der Waals surface area contributed by atoms with Crippen LogP contribution in [0.1, 0.15) is 45.1 Å². The van der Waals surface area contributed by atoms with Gasteiger partial charge in [0.05, 0.1) is 12.0 Å². The number of rotatable bonds is 4. The Morgan fingerprint density at radius 3 is 2.80 bits per heavy atom. The minimum absolute atomic E-state index is 0.0126. The van der Waals surface area contributed by atoms with Crippen LogP contribution in [0.3, 0.4) is 0 Å². The van der Waals surface area contributed by atoms with Gasteiger partial charge < -0.3 is 4.74 Å². The summed E-state index contributed by atoms with van der Waals surface area (Å²) in [5, 5.41) is 10.1. The lowest BCUT2D eigenvalue weighted by atomic mass is 9.79. The minimum atomic E-state index is 0.0126. The molecule has 3 heteroatoms. The maximum atomic E-state index is 9.29. The zero-order valence-corrected chi connectivity index (χ0v) is 13.0. The lowest BCUT2D eigenvalue weighted by Crippen LogP contribution is -2.33. The number of aryl methyl sites for hydroxylation is 1. The maximum Gasteiger partial charge on any atom is 0.120 e. The summed E-state index contributed by atoms with van der Waals surface area (Å²) in [5.74, 6) is 1.54. The van der Waals surface area contributed by atoms with Gasteiger partial charge in [0.25, 0.3) is 0 Å². The third-order valence-corrected chi connectivity index (χ3v) is 4.70. The molecule has 0 aromatic heterocycles. The van der Waals surface area contributed by atoms with Crippen LogP contribution in [-0.4, -0.2) is 6.10 Å². The van der Waals surface area contributed by atoms with Gasteiger partial charge in [-0.25, -0.2) is 0 Å². The smallest absolute Gasteiger partial charge is 0.120 e. The number of benzene rings is 1. The molecule has 0 N–H and O–H groups in total. The van der Waals surface area contributed by atoms with Crippen molar-refractivity contribution in [2.75, 3.05) is 0 Å². The van der Waals surface area contributed by atoms with E-state index in [4.69, 9.17) is 16.3 Å². The van der Waals surface area contributed by atoms with Crippen molar-refractivity contribution in [3.8, 4) is 11.8 Å². The van der Waals surface area contributed by atoms with Crippen molar-refractivity contribution in [2.45, 2.75) is 52.1 Å². The van der Waals surface area contributed by atoms with Crippen LogP contribution in [0.2, 0.25) is 5.02 Å². The van der Waals surface area contributed by atoms with Gasteiger partial charge in [0.1, 0.15) is 11.9 Å². The van der Waals surface area contributed by atoms with E-state index in [9.17, 15) is 5.26 Å². The van der Waals surface area contributed by atoms with Crippen molar-refractivity contribution in [1.82, 2.24) is 0 Å². The maximum absolute atomic E-state index is 9.29. The van der Waals surface area contributed by atoms with Gasteiger partial charge >= 0.3 is 0 Å². The topological polar surface area (TPSA) is 33.0 Å². The second-order valence-electron chi connectivity index (χ2n) is 5.59. The van der Waals surface area contributed by atoms with E-state index < -0.39 is 0 Å². The molecule has 1 saturated carbocycles. The summed E-state index contributed by atoms with van der Waals surface area (Å²) in [6.07, 6.45) is 5.16. The standard InChI is InChI=1S/C17H22ClNO/c1-3-12-5-6-14(11-19)17(9-12)20-15-7-8-16(18)13(4-2)10-15/h7-8,10,12,14,17H,3-6,9H2,1-2H3. The van der Waals surface area contributed by atoms with E-state index in [1.165, 1.54) is 6.42 Å². The van der Waals surface area contributed by atoms with E-state index in [1.807, 2.05) is 18.2 Å². The molecular weight excluding hydrogens is 270 g/mol. The lowest BCUT2D eigenvalue weighted by Gasteiger charge is -2.32. The fourth-order valence-electron chi connectivity index (χ4n) is 2.93. The highest BCUT2D eigenvalue weighted by Gasteiger charge is 2.31. The van der Waals surface area contributed by atoms with Crippen molar-refractivity contribution in [1.29, 1.82) is 5.26 Å². The molecule has 1 aromatic rings. The van der Waals surface area contributed by atoms with Crippen LogP contribution in [0.4, 0.5) is 0 Å². The molecule has 3 atom stereocenters. The van der Waals surface area contributed by atoms with Crippen LogP contribution in [-0.2, 0) is 6.42 Å². The molecule has 0 amide bonds. The van der Waals surface area contributed by atoms with Crippen molar-refractivity contribution in [3.05, 3.63) is 28.8 Å². The fraction of sp³-hybridized carbons (Fsp3) is 0.588. The van der Waals surface area contributed by atoms with Crippen molar-refractivity contribution < 1.29 is 4.74 Å². The van der Waals surface area contributed by atoms with E-state index in [1.54, 1.807) is 0 Å². The number of ether oxygens (including phenoxy) is 1. The van der Waals surface area contributed by atoms with Gasteiger partial charge in [0.2, 0.25) is 0 Å². The first-order valence-corrected chi connectivity index (χ1v) is 7.90. The summed E-state index contributed by atoms with van der Waals surface area (Å²) in [5.41, 5.74) is 1.10. The predicted molar refractivity (Wildman–Crippen MR) is 82.0 cm³/mol. The molecule has 0 heterocycles. The molecule has 1 fully saturated rings. The van der Waals surface area contributed by atoms with Crippen LogP contribution in [0.5, 0.6) is 5.75 Å². The van der Waals surface area contributed by atoms with Crippen LogP contribution < -0.4 is 4.74 Å². The van der Waals surface area contributed by atoms with Crippen molar-refractivity contribution in [3.63, 3.8) is 0 Å². The van der Waals surface area contributed by atoms with Crippen LogP contribution >= 0.6 is 11.6 Å². The molecule has 108 valence electrons. The minimum Gasteiger partial charge on any atom is -0.489 e. The van der Waals surface area contributed by atoms with E-state index >= 15 is 0 Å². The van der Waals surface area contributed by atoms with E-state index in [-0.39, 0.29) is 12.0 Å². The number of hydrogen-bond acceptors (Lipinski definition) is 2. The van der Waals surface area contributed by atoms with Gasteiger partial charge in [-0.2, -0.15) is 5.26 Å². The van der Waals surface area contributed by atoms with Gasteiger partial charge in [-0.15, -0.1) is 0 Å². The molecule has 1 aliphatic carbocycles. The number of halogens is 1. The lowest BCUT2D eigenvalue weighted by molar-refractivity contribution is 0.0892. The van der Waals surface area contributed by atoms with Gasteiger partial charge in [0, 0.05) is 5.02 Å². The first-order chi connectivity index (χ1) is 9.67. The van der Waals surface area contributed by atoms with Crippen LogP contribution in [0, 0.1) is 23.2 Å². The Morgan fingerprint density at radius 1 is 1.35 bits per heavy atom. The molecule has 2 rings (SSSR count). The Kier molecular flexibility index (Phi) is 5.31. The summed E-state index contributed by atoms with van der Waals surface area (Å²) in [4.78, 5) is 0. The van der Waals surface area contributed by atoms with Crippen molar-refractivity contribution >= 4 is 11.6 Å². The van der Waals surface area contributed by atoms with Crippen molar-refractivity contribution in [2.24, 2.45) is 11.8 Å². The summed E-state index contributed by atoms with van der Waals surface area (Å²) in [7, 11) is 0. The fourth-order valence-corrected chi connectivity index (χ4v) is 3.18. The Bertz CT molecular complexity index is 494. The summed E-state index contributed by atoms with van der Waals surface area (Å²) >= 11 is 6.13. The van der Waals surface area contributed by atoms with Crippen LogP contribution in [0.25, 0.3) is 0 Å². The third-order valence-electron chi connectivity index (χ3n) is 4.33. The van der Waals surface area contributed by atoms with Gasteiger partial charge in [-0.05, 0) is 55.4 Å². The Balaban J connectivity index is 2.12. The molecule has 0 saturated heterocycles.